The number of hydrogen-bond donors (Lipinski definition) is 3. The Bertz CT molecular complexity index is 446. The normalized spacial score (nSPS) is 10.1. The molecule has 104 valence electrons. The zero-order chi connectivity index (χ0) is 14.3. The quantitative estimate of drug-likeness (QED) is 0.643. The van der Waals surface area contributed by atoms with Crippen LogP contribution in [0.25, 0.3) is 0 Å². The topological polar surface area (TPSA) is 84.2 Å². The van der Waals surface area contributed by atoms with E-state index in [9.17, 15) is 18.4 Å². The average Bonchev–Trinajstić information content (AvgIpc) is 2.34. The first-order valence-corrected chi connectivity index (χ1v) is 5.74. The number of benzene rings is 1. The molecule has 2 amide bonds. The van der Waals surface area contributed by atoms with Crippen LogP contribution in [0.15, 0.2) is 18.2 Å². The number of hydrogen-bond acceptors (Lipinski definition) is 3. The van der Waals surface area contributed by atoms with Gasteiger partial charge in [0.05, 0.1) is 0 Å². The molecule has 1 aromatic carbocycles. The molecule has 4 N–H and O–H groups in total. The van der Waals surface area contributed by atoms with Crippen molar-refractivity contribution in [2.45, 2.75) is 6.42 Å². The Balaban J connectivity index is 2.37. The molecule has 0 saturated carbocycles. The Morgan fingerprint density at radius 3 is 2.05 bits per heavy atom. The molecule has 0 aliphatic heterocycles. The molecule has 19 heavy (non-hydrogen) atoms. The summed E-state index contributed by atoms with van der Waals surface area (Å²) in [4.78, 5) is 22.4. The van der Waals surface area contributed by atoms with Crippen molar-refractivity contribution < 1.29 is 18.4 Å². The molecule has 0 saturated heterocycles. The molecule has 0 spiro atoms. The molecule has 1 rings (SSSR count). The van der Waals surface area contributed by atoms with Gasteiger partial charge in [0.15, 0.2) is 0 Å². The molecule has 7 heteroatoms. The van der Waals surface area contributed by atoms with Gasteiger partial charge in [-0.3, -0.25) is 9.59 Å². The number of amides is 2. The lowest BCUT2D eigenvalue weighted by molar-refractivity contribution is -0.139. The summed E-state index contributed by atoms with van der Waals surface area (Å²) in [6.45, 7) is 0.556. The molecule has 0 atom stereocenters. The first-order chi connectivity index (χ1) is 9.02. The maximum atomic E-state index is 12.9. The molecule has 0 heterocycles. The van der Waals surface area contributed by atoms with Gasteiger partial charge in [-0.1, -0.05) is 0 Å². The highest BCUT2D eigenvalue weighted by atomic mass is 19.1. The fraction of sp³-hybridized carbons (Fsp3) is 0.333. The minimum absolute atomic E-state index is 0.109. The lowest BCUT2D eigenvalue weighted by Gasteiger charge is -2.06. The van der Waals surface area contributed by atoms with Crippen molar-refractivity contribution in [2.24, 2.45) is 5.73 Å². The van der Waals surface area contributed by atoms with Crippen molar-refractivity contribution in [1.82, 2.24) is 10.6 Å². The second-order valence-corrected chi connectivity index (χ2v) is 3.83. The largest absolute Gasteiger partial charge is 0.348 e. The minimum Gasteiger partial charge on any atom is -0.348 e. The standard InChI is InChI=1S/C12H15F2N3O2/c13-9-5-8(6-10(14)7-9)1-3-16-11(18)12(19)17-4-2-15/h5-7H,1-4,15H2,(H,16,18)(H,17,19). The molecule has 0 bridgehead atoms. The van der Waals surface area contributed by atoms with E-state index in [1.54, 1.807) is 0 Å². The van der Waals surface area contributed by atoms with E-state index >= 15 is 0 Å². The fourth-order valence-corrected chi connectivity index (χ4v) is 1.42. The number of carbonyl (C=O) groups excluding carboxylic acids is 2. The zero-order valence-electron chi connectivity index (χ0n) is 10.2. The van der Waals surface area contributed by atoms with Gasteiger partial charge in [-0.2, -0.15) is 0 Å². The molecule has 0 radical (unpaired) electrons. The number of halogens is 2. The summed E-state index contributed by atoms with van der Waals surface area (Å²) < 4.78 is 25.8. The molecule has 0 aromatic heterocycles. The molecular weight excluding hydrogens is 256 g/mol. The van der Waals surface area contributed by atoms with Gasteiger partial charge in [-0.05, 0) is 24.1 Å². The Morgan fingerprint density at radius 2 is 1.53 bits per heavy atom. The van der Waals surface area contributed by atoms with Gasteiger partial charge >= 0.3 is 11.8 Å². The van der Waals surface area contributed by atoms with E-state index in [0.29, 0.717) is 5.56 Å². The van der Waals surface area contributed by atoms with E-state index in [0.717, 1.165) is 6.07 Å². The van der Waals surface area contributed by atoms with Gasteiger partial charge in [0.1, 0.15) is 11.6 Å². The second kappa shape index (κ2) is 7.42. The van der Waals surface area contributed by atoms with Gasteiger partial charge in [0.25, 0.3) is 0 Å². The van der Waals surface area contributed by atoms with Crippen molar-refractivity contribution in [1.29, 1.82) is 0 Å². The maximum absolute atomic E-state index is 12.9. The lowest BCUT2D eigenvalue weighted by Crippen LogP contribution is -2.42. The molecule has 0 aliphatic rings. The molecule has 0 aliphatic carbocycles. The van der Waals surface area contributed by atoms with Crippen LogP contribution in [0, 0.1) is 11.6 Å². The van der Waals surface area contributed by atoms with Crippen LogP contribution in [0.3, 0.4) is 0 Å². The molecule has 1 aromatic rings. The van der Waals surface area contributed by atoms with Gasteiger partial charge in [0.2, 0.25) is 0 Å². The predicted octanol–water partition coefficient (Wildman–Crippen LogP) is -0.302. The molecule has 0 unspecified atom stereocenters. The number of nitrogens with one attached hydrogen (secondary N) is 2. The zero-order valence-corrected chi connectivity index (χ0v) is 10.2. The Kier molecular flexibility index (Phi) is 5.87. The first kappa shape index (κ1) is 15.0. The summed E-state index contributed by atoms with van der Waals surface area (Å²) in [6, 6.07) is 3.11. The molecule has 5 nitrogen and oxygen atoms in total. The highest BCUT2D eigenvalue weighted by molar-refractivity contribution is 6.35. The fourth-order valence-electron chi connectivity index (χ4n) is 1.42. The van der Waals surface area contributed by atoms with Crippen molar-refractivity contribution in [3.63, 3.8) is 0 Å². The SMILES string of the molecule is NCCNC(=O)C(=O)NCCc1cc(F)cc(F)c1. The van der Waals surface area contributed by atoms with Crippen LogP contribution in [0.5, 0.6) is 0 Å². The van der Waals surface area contributed by atoms with Gasteiger partial charge in [0, 0.05) is 25.7 Å². The van der Waals surface area contributed by atoms with E-state index in [1.807, 2.05) is 0 Å². The van der Waals surface area contributed by atoms with E-state index in [-0.39, 0.29) is 26.1 Å². The van der Waals surface area contributed by atoms with Gasteiger partial charge < -0.3 is 16.4 Å². The van der Waals surface area contributed by atoms with Crippen molar-refractivity contribution in [3.05, 3.63) is 35.4 Å². The summed E-state index contributed by atoms with van der Waals surface area (Å²) in [5.41, 5.74) is 5.57. The molecule has 0 fully saturated rings. The third kappa shape index (κ3) is 5.43. The monoisotopic (exact) mass is 271 g/mol. The predicted molar refractivity (Wildman–Crippen MR) is 65.1 cm³/mol. The van der Waals surface area contributed by atoms with Crippen molar-refractivity contribution >= 4 is 11.8 Å². The van der Waals surface area contributed by atoms with E-state index in [4.69, 9.17) is 5.73 Å². The van der Waals surface area contributed by atoms with Crippen LogP contribution >= 0.6 is 0 Å². The maximum Gasteiger partial charge on any atom is 0.309 e. The Hall–Kier alpha value is -2.02. The van der Waals surface area contributed by atoms with Crippen LogP contribution < -0.4 is 16.4 Å². The summed E-state index contributed by atoms with van der Waals surface area (Å²) >= 11 is 0. The lowest BCUT2D eigenvalue weighted by atomic mass is 10.1. The van der Waals surface area contributed by atoms with E-state index in [2.05, 4.69) is 10.6 Å². The van der Waals surface area contributed by atoms with Crippen LogP contribution in [-0.2, 0) is 16.0 Å². The number of rotatable bonds is 5. The van der Waals surface area contributed by atoms with E-state index in [1.165, 1.54) is 12.1 Å². The van der Waals surface area contributed by atoms with Crippen LogP contribution in [-0.4, -0.2) is 31.4 Å². The van der Waals surface area contributed by atoms with Crippen LogP contribution in [0.2, 0.25) is 0 Å². The third-order valence-corrected chi connectivity index (χ3v) is 2.26. The van der Waals surface area contributed by atoms with Gasteiger partial charge in [-0.25, -0.2) is 8.78 Å². The number of carbonyl (C=O) groups is 2. The van der Waals surface area contributed by atoms with Crippen LogP contribution in [0.1, 0.15) is 5.56 Å². The summed E-state index contributed by atoms with van der Waals surface area (Å²) in [6.07, 6.45) is 0.227. The molecular formula is C12H15F2N3O2. The van der Waals surface area contributed by atoms with Crippen molar-refractivity contribution in [3.8, 4) is 0 Å². The highest BCUT2D eigenvalue weighted by Gasteiger charge is 2.11. The Morgan fingerprint density at radius 1 is 1.00 bits per heavy atom. The third-order valence-electron chi connectivity index (χ3n) is 2.26. The summed E-state index contributed by atoms with van der Waals surface area (Å²) in [5.74, 6) is -2.94. The summed E-state index contributed by atoms with van der Waals surface area (Å²) in [7, 11) is 0. The second-order valence-electron chi connectivity index (χ2n) is 3.83. The average molecular weight is 271 g/mol. The summed E-state index contributed by atoms with van der Waals surface area (Å²) in [5, 5.41) is 4.65. The van der Waals surface area contributed by atoms with Crippen molar-refractivity contribution in [2.75, 3.05) is 19.6 Å². The highest BCUT2D eigenvalue weighted by Crippen LogP contribution is 2.07. The van der Waals surface area contributed by atoms with Crippen LogP contribution in [0.4, 0.5) is 8.78 Å². The first-order valence-electron chi connectivity index (χ1n) is 5.74. The Labute approximate surface area is 109 Å². The smallest absolute Gasteiger partial charge is 0.309 e. The number of nitrogens with two attached hydrogens (primary N) is 1. The van der Waals surface area contributed by atoms with E-state index < -0.39 is 23.4 Å². The minimum atomic E-state index is -0.801. The van der Waals surface area contributed by atoms with Gasteiger partial charge in [-0.15, -0.1) is 0 Å².